The van der Waals surface area contributed by atoms with Crippen molar-refractivity contribution in [2.45, 2.75) is 79.3 Å². The van der Waals surface area contributed by atoms with Gasteiger partial charge in [-0.15, -0.1) is 0 Å². The summed E-state index contributed by atoms with van der Waals surface area (Å²) in [6, 6.07) is 109. The minimum atomic E-state index is -4.27. The van der Waals surface area contributed by atoms with Crippen LogP contribution in [0.5, 0.6) is 0 Å². The number of phosphoric ester groups is 6. The van der Waals surface area contributed by atoms with Crippen LogP contribution in [0.2, 0.25) is 0 Å². The third kappa shape index (κ3) is 44.8. The van der Waals surface area contributed by atoms with E-state index >= 15 is 0 Å². The molecule has 0 atom stereocenters. The van der Waals surface area contributed by atoms with Gasteiger partial charge in [0.2, 0.25) is 0 Å². The standard InChI is InChI=1S/6C14H15O4P.Mo/c6*15-19(16,17-11-13-7-3-1-4-8-13)18-12-14-9-5-2-6-10-14;/h6*1-10H,11-12H2,(H,15,16);/q;;;;;;+6/p-6. The molecule has 24 nitrogen and oxygen atoms in total. The second kappa shape index (κ2) is 53.3. The van der Waals surface area contributed by atoms with E-state index in [2.05, 4.69) is 0 Å². The van der Waals surface area contributed by atoms with Crippen molar-refractivity contribution >= 4 is 46.9 Å². The molecule has 0 amide bonds. The quantitative estimate of drug-likeness (QED) is 0.0260. The van der Waals surface area contributed by atoms with Crippen molar-refractivity contribution in [1.82, 2.24) is 0 Å². The van der Waals surface area contributed by atoms with E-state index in [4.69, 9.17) is 54.3 Å². The van der Waals surface area contributed by atoms with Crippen molar-refractivity contribution in [1.29, 1.82) is 0 Å². The Morgan fingerprint density at radius 2 is 0.200 bits per heavy atom. The zero-order valence-electron chi connectivity index (χ0n) is 62.0. The van der Waals surface area contributed by atoms with Crippen LogP contribution in [0.25, 0.3) is 0 Å². The molecule has 0 N–H and O–H groups in total. The molecule has 0 aliphatic rings. The topological polar surface area (TPSA) is 352 Å². The molecule has 0 bridgehead atoms. The van der Waals surface area contributed by atoms with E-state index in [1.807, 2.05) is 218 Å². The first-order chi connectivity index (χ1) is 54.9. The van der Waals surface area contributed by atoms with Gasteiger partial charge in [-0.2, -0.15) is 0 Å². The maximum absolute atomic E-state index is 11.6. The van der Waals surface area contributed by atoms with E-state index in [0.717, 1.165) is 66.8 Å². The summed E-state index contributed by atoms with van der Waals surface area (Å²) in [4.78, 5) is 69.4. The molecule has 0 aliphatic carbocycles. The van der Waals surface area contributed by atoms with E-state index in [-0.39, 0.29) is 100 Å². The molecule has 0 aromatic heterocycles. The zero-order valence-corrected chi connectivity index (χ0v) is 69.4. The second-order valence-corrected chi connectivity index (χ2v) is 32.3. The van der Waals surface area contributed by atoms with Crippen LogP contribution in [-0.2, 0) is 182 Å². The van der Waals surface area contributed by atoms with Crippen LogP contribution in [0, 0.1) is 0 Å². The summed E-state index contributed by atoms with van der Waals surface area (Å²) in [5.41, 5.74) is 9.35. The Kier molecular flexibility index (Phi) is 44.5. The Bertz CT molecular complexity index is 3770. The summed E-state index contributed by atoms with van der Waals surface area (Å²) in [5.74, 6) is 0. The smallest absolute Gasteiger partial charge is 0.756 e. The molecule has 12 aromatic rings. The summed E-state index contributed by atoms with van der Waals surface area (Å²) in [6.07, 6.45) is 0. The first-order valence-corrected chi connectivity index (χ1v) is 43.8. The van der Waals surface area contributed by atoms with Crippen molar-refractivity contribution < 1.29 is 132 Å². The van der Waals surface area contributed by atoms with Gasteiger partial charge in [-0.05, 0) is 66.8 Å². The SMILES string of the molecule is O=P([O-])(OCc1ccccc1)OCc1ccccc1.O=P([O-])(OCc1ccccc1)OCc1ccccc1.O=P([O-])(OCc1ccccc1)OCc1ccccc1.O=P([O-])(OCc1ccccc1)OCc1ccccc1.O=P([O-])(OCc1ccccc1)OCc1ccccc1.O=P([O-])(OCc1ccccc1)OCc1ccccc1.[Mo+6]. The summed E-state index contributed by atoms with van der Waals surface area (Å²) < 4.78 is 127. The summed E-state index contributed by atoms with van der Waals surface area (Å²) in [6.45, 7) is -0.209. The van der Waals surface area contributed by atoms with E-state index in [9.17, 15) is 56.8 Å². The first kappa shape index (κ1) is 95.8. The molecule has 12 aromatic carbocycles. The van der Waals surface area contributed by atoms with Crippen molar-refractivity contribution in [3.63, 3.8) is 0 Å². The van der Waals surface area contributed by atoms with Gasteiger partial charge in [-0.1, -0.05) is 364 Å². The Morgan fingerprint density at radius 3 is 0.261 bits per heavy atom. The van der Waals surface area contributed by atoms with Crippen molar-refractivity contribution in [2.24, 2.45) is 0 Å². The molecule has 0 unspecified atom stereocenters. The molecule has 31 heteroatoms. The number of rotatable bonds is 36. The average Bonchev–Trinajstić information content (AvgIpc) is 0.915. The monoisotopic (exact) mass is 1760 g/mol. The van der Waals surface area contributed by atoms with Crippen LogP contribution in [0.3, 0.4) is 0 Å². The normalized spacial score (nSPS) is 11.3. The van der Waals surface area contributed by atoms with Crippen molar-refractivity contribution in [3.05, 3.63) is 431 Å². The third-order valence-electron chi connectivity index (χ3n) is 14.8. The maximum Gasteiger partial charge on any atom is 6.00 e. The number of hydrogen-bond donors (Lipinski definition) is 0. The van der Waals surface area contributed by atoms with Gasteiger partial charge in [-0.3, -0.25) is 27.4 Å². The largest absolute Gasteiger partial charge is 6.00 e. The Hall–Kier alpha value is -8.01. The van der Waals surface area contributed by atoms with Crippen LogP contribution < -0.4 is 29.4 Å². The Morgan fingerprint density at radius 1 is 0.139 bits per heavy atom. The number of benzene rings is 12. The fourth-order valence-corrected chi connectivity index (χ4v) is 13.1. The minimum absolute atomic E-state index is 0. The first-order valence-electron chi connectivity index (χ1n) is 35.0. The van der Waals surface area contributed by atoms with Crippen molar-refractivity contribution in [3.8, 4) is 0 Å². The molecule has 0 saturated carbocycles. The molecule has 115 heavy (non-hydrogen) atoms. The Balaban J connectivity index is 0.000000214. The molecule has 0 fully saturated rings. The van der Waals surface area contributed by atoms with Crippen LogP contribution in [-0.4, -0.2) is 0 Å². The molecule has 600 valence electrons. The Labute approximate surface area is 684 Å². The summed E-state index contributed by atoms with van der Waals surface area (Å²) in [5, 5.41) is 0. The van der Waals surface area contributed by atoms with Gasteiger partial charge >= 0.3 is 21.1 Å². The van der Waals surface area contributed by atoms with Gasteiger partial charge in [0, 0.05) is 0 Å². The number of phosphoric acid groups is 6. The predicted molar refractivity (Wildman–Crippen MR) is 420 cm³/mol. The third-order valence-corrected chi connectivity index (χ3v) is 20.1. The van der Waals surface area contributed by atoms with E-state index < -0.39 is 46.9 Å². The van der Waals surface area contributed by atoms with Gasteiger partial charge in [-0.25, -0.2) is 0 Å². The van der Waals surface area contributed by atoms with E-state index in [1.165, 1.54) is 0 Å². The van der Waals surface area contributed by atoms with Crippen molar-refractivity contribution in [2.75, 3.05) is 0 Å². The van der Waals surface area contributed by atoms with E-state index in [0.29, 0.717) is 0 Å². The predicted octanol–water partition coefficient (Wildman–Crippen LogP) is 17.3. The van der Waals surface area contributed by atoms with Gasteiger partial charge < -0.3 is 83.6 Å². The van der Waals surface area contributed by atoms with E-state index in [1.54, 1.807) is 146 Å². The minimum Gasteiger partial charge on any atom is -0.756 e. The van der Waals surface area contributed by atoms with Crippen LogP contribution in [0.15, 0.2) is 364 Å². The summed E-state index contributed by atoms with van der Waals surface area (Å²) in [7, 11) is -25.6. The molecule has 0 radical (unpaired) electrons. The summed E-state index contributed by atoms with van der Waals surface area (Å²) >= 11 is 0. The van der Waals surface area contributed by atoms with Crippen LogP contribution >= 0.6 is 46.9 Å². The molecule has 0 heterocycles. The molecule has 0 spiro atoms. The molecule has 0 aliphatic heterocycles. The number of hydrogen-bond acceptors (Lipinski definition) is 24. The second-order valence-electron chi connectivity index (χ2n) is 23.8. The molecular weight excluding hydrogens is 1670 g/mol. The zero-order chi connectivity index (χ0) is 81.3. The van der Waals surface area contributed by atoms with Gasteiger partial charge in [0.15, 0.2) is 0 Å². The maximum atomic E-state index is 11.6. The molecule has 12 rings (SSSR count). The van der Waals surface area contributed by atoms with Gasteiger partial charge in [0.1, 0.15) is 0 Å². The van der Waals surface area contributed by atoms with Gasteiger partial charge in [0.05, 0.1) is 79.3 Å². The molecular formula is C84H84MoO24P6. The average molecular weight is 1760 g/mol. The van der Waals surface area contributed by atoms with Crippen LogP contribution in [0.4, 0.5) is 0 Å². The van der Waals surface area contributed by atoms with Crippen LogP contribution in [0.1, 0.15) is 66.8 Å². The fourth-order valence-electron chi connectivity index (χ4n) is 8.96. The van der Waals surface area contributed by atoms with Gasteiger partial charge in [0.25, 0.3) is 46.9 Å². The fraction of sp³-hybridized carbons (Fsp3) is 0.143. The molecule has 0 saturated heterocycles.